The van der Waals surface area contributed by atoms with Crippen molar-refractivity contribution in [3.05, 3.63) is 35.4 Å². The lowest BCUT2D eigenvalue weighted by molar-refractivity contribution is -0.443. The molecule has 0 aliphatic rings. The number of ether oxygens (including phenoxy) is 1. The van der Waals surface area contributed by atoms with Gasteiger partial charge in [0.05, 0.1) is 18.6 Å². The van der Waals surface area contributed by atoms with E-state index in [-0.39, 0.29) is 12.1 Å². The molecule has 0 spiro atoms. The number of aliphatic hydroxyl groups is 1. The summed E-state index contributed by atoms with van der Waals surface area (Å²) in [6.45, 7) is 0.775. The minimum atomic E-state index is -8.35. The van der Waals surface area contributed by atoms with Crippen molar-refractivity contribution in [1.82, 2.24) is 0 Å². The molecular formula is C18H12F16O3. The van der Waals surface area contributed by atoms with Gasteiger partial charge in [0, 0.05) is 0 Å². The van der Waals surface area contributed by atoms with Crippen molar-refractivity contribution in [2.75, 3.05) is 6.61 Å². The Labute approximate surface area is 195 Å². The average Bonchev–Trinajstić information content (AvgIpc) is 2.71. The lowest BCUT2D eigenvalue weighted by Crippen LogP contribution is -2.70. The summed E-state index contributed by atoms with van der Waals surface area (Å²) in [6.07, 6.45) is -18.2. The van der Waals surface area contributed by atoms with E-state index >= 15 is 0 Å². The molecular weight excluding hydrogens is 568 g/mol. The van der Waals surface area contributed by atoms with E-state index in [1.54, 1.807) is 0 Å². The van der Waals surface area contributed by atoms with Gasteiger partial charge in [-0.3, -0.25) is 0 Å². The maximum atomic E-state index is 14.2. The summed E-state index contributed by atoms with van der Waals surface area (Å²) >= 11 is 0. The highest BCUT2D eigenvalue weighted by molar-refractivity contribution is 5.89. The molecule has 1 rings (SSSR count). The van der Waals surface area contributed by atoms with E-state index in [0.29, 0.717) is 12.1 Å². The minimum Gasteiger partial charge on any atom is -0.462 e. The number of alkyl halides is 16. The maximum absolute atomic E-state index is 14.2. The molecule has 0 aliphatic carbocycles. The summed E-state index contributed by atoms with van der Waals surface area (Å²) in [5.74, 6) is -41.5. The highest BCUT2D eigenvalue weighted by Crippen LogP contribution is 2.62. The lowest BCUT2D eigenvalue weighted by Gasteiger charge is -2.42. The van der Waals surface area contributed by atoms with Crippen LogP contribution in [0.15, 0.2) is 24.3 Å². The molecule has 214 valence electrons. The number of carbonyl (C=O) groups is 1. The Morgan fingerprint density at radius 1 is 0.730 bits per heavy atom. The molecule has 0 heterocycles. The first-order chi connectivity index (χ1) is 16.2. The first-order valence-electron chi connectivity index (χ1n) is 9.18. The molecule has 0 fully saturated rings. The summed E-state index contributed by atoms with van der Waals surface area (Å²) in [6, 6.07) is 1.05. The van der Waals surface area contributed by atoms with Crippen LogP contribution in [0.5, 0.6) is 0 Å². The van der Waals surface area contributed by atoms with Crippen molar-refractivity contribution in [2.45, 2.75) is 60.9 Å². The molecule has 19 heteroatoms. The Hall–Kier alpha value is -2.47. The number of rotatable bonds is 9. The van der Waals surface area contributed by atoms with Gasteiger partial charge in [-0.05, 0) is 24.6 Å². The molecule has 1 aromatic carbocycles. The van der Waals surface area contributed by atoms with Gasteiger partial charge in [-0.15, -0.1) is 0 Å². The van der Waals surface area contributed by atoms with Crippen LogP contribution in [0, 0.1) is 0 Å². The molecule has 0 aliphatic heterocycles. The maximum Gasteiger partial charge on any atom is 0.460 e. The third-order valence-electron chi connectivity index (χ3n) is 4.80. The van der Waals surface area contributed by atoms with Gasteiger partial charge in [-0.2, -0.15) is 70.2 Å². The van der Waals surface area contributed by atoms with Gasteiger partial charge in [0.2, 0.25) is 0 Å². The van der Waals surface area contributed by atoms with Crippen molar-refractivity contribution < 1.29 is 84.9 Å². The van der Waals surface area contributed by atoms with Gasteiger partial charge >= 0.3 is 47.9 Å². The lowest BCUT2D eigenvalue weighted by atomic mass is 9.82. The molecule has 1 N–H and O–H groups in total. The third kappa shape index (κ3) is 5.14. The van der Waals surface area contributed by atoms with Crippen LogP contribution >= 0.6 is 0 Å². The Kier molecular flexibility index (Phi) is 8.25. The Bertz CT molecular complexity index is 982. The number of esters is 1. The number of halogens is 16. The predicted octanol–water partition coefficient (Wildman–Crippen LogP) is 6.74. The minimum absolute atomic E-state index is 0.0506. The Morgan fingerprint density at radius 3 is 1.59 bits per heavy atom. The van der Waals surface area contributed by atoms with Gasteiger partial charge in [-0.1, -0.05) is 12.1 Å². The second-order valence-electron chi connectivity index (χ2n) is 7.34. The van der Waals surface area contributed by atoms with Crippen LogP contribution in [-0.2, 0) is 10.3 Å². The summed E-state index contributed by atoms with van der Waals surface area (Å²) < 4.78 is 217. The smallest absolute Gasteiger partial charge is 0.460 e. The second kappa shape index (κ2) is 9.37. The molecule has 1 aromatic rings. The van der Waals surface area contributed by atoms with Crippen molar-refractivity contribution in [3.63, 3.8) is 0 Å². The first-order valence-corrected chi connectivity index (χ1v) is 9.18. The van der Waals surface area contributed by atoms with Gasteiger partial charge in [0.25, 0.3) is 0 Å². The highest BCUT2D eigenvalue weighted by Gasteiger charge is 2.91. The number of carbonyl (C=O) groups excluding carboxylic acids is 1. The molecule has 0 saturated carbocycles. The topological polar surface area (TPSA) is 46.5 Å². The van der Waals surface area contributed by atoms with E-state index in [1.165, 1.54) is 6.92 Å². The van der Waals surface area contributed by atoms with Crippen LogP contribution < -0.4 is 0 Å². The SMILES string of the molecule is CCOC(=O)c1cccc(C(O)(CC(F)(F)C(F)(F)C(F)(F)C(F)(F)C(F)(F)C(F)(F)F)C(F)(F)F)c1. The molecule has 37 heavy (non-hydrogen) atoms. The number of hydrogen-bond acceptors (Lipinski definition) is 3. The largest absolute Gasteiger partial charge is 0.462 e. The summed E-state index contributed by atoms with van der Waals surface area (Å²) in [5.41, 5.74) is -8.25. The monoisotopic (exact) mass is 580 g/mol. The van der Waals surface area contributed by atoms with Crippen molar-refractivity contribution in [2.24, 2.45) is 0 Å². The molecule has 0 amide bonds. The van der Waals surface area contributed by atoms with E-state index in [2.05, 4.69) is 4.74 Å². The molecule has 0 saturated heterocycles. The standard InChI is InChI=1S/C18H12F16O3/c1-2-37-10(35)8-4-3-5-9(6-8)11(36,17(29,30)31)7-12(19,20)13(21,22)14(23,24)15(25,26)16(27,28)18(32,33)34/h3-6,36H,2,7H2,1H3. The zero-order chi connectivity index (χ0) is 29.7. The van der Waals surface area contributed by atoms with E-state index in [1.807, 2.05) is 0 Å². The normalized spacial score (nSPS) is 16.4. The summed E-state index contributed by atoms with van der Waals surface area (Å²) in [7, 11) is 0. The fourth-order valence-electron chi connectivity index (χ4n) is 2.72. The predicted molar refractivity (Wildman–Crippen MR) is 87.8 cm³/mol. The van der Waals surface area contributed by atoms with Crippen LogP contribution in [0.3, 0.4) is 0 Å². The van der Waals surface area contributed by atoms with Gasteiger partial charge in [0.1, 0.15) is 0 Å². The van der Waals surface area contributed by atoms with Crippen LogP contribution in [-0.4, -0.2) is 59.6 Å². The van der Waals surface area contributed by atoms with Crippen molar-refractivity contribution in [1.29, 1.82) is 0 Å². The number of benzene rings is 1. The number of hydrogen-bond donors (Lipinski definition) is 1. The molecule has 0 aromatic heterocycles. The summed E-state index contributed by atoms with van der Waals surface area (Å²) in [5, 5.41) is 9.86. The Balaban J connectivity index is 3.72. The van der Waals surface area contributed by atoms with Crippen LogP contribution in [0.2, 0.25) is 0 Å². The summed E-state index contributed by atoms with van der Waals surface area (Å²) in [4.78, 5) is 11.6. The zero-order valence-electron chi connectivity index (χ0n) is 17.5. The Morgan fingerprint density at radius 2 is 1.19 bits per heavy atom. The zero-order valence-corrected chi connectivity index (χ0v) is 17.5. The fraction of sp³-hybridized carbons (Fsp3) is 0.611. The first kappa shape index (κ1) is 32.6. The average molecular weight is 580 g/mol. The molecule has 3 nitrogen and oxygen atoms in total. The molecule has 0 radical (unpaired) electrons. The van der Waals surface area contributed by atoms with E-state index in [0.717, 1.165) is 0 Å². The van der Waals surface area contributed by atoms with Crippen LogP contribution in [0.25, 0.3) is 0 Å². The van der Waals surface area contributed by atoms with E-state index < -0.39 is 77.7 Å². The second-order valence-corrected chi connectivity index (χ2v) is 7.34. The fourth-order valence-corrected chi connectivity index (χ4v) is 2.72. The van der Waals surface area contributed by atoms with Gasteiger partial charge in [-0.25, -0.2) is 4.79 Å². The van der Waals surface area contributed by atoms with Crippen LogP contribution in [0.4, 0.5) is 70.2 Å². The van der Waals surface area contributed by atoms with E-state index in [9.17, 15) is 80.1 Å². The van der Waals surface area contributed by atoms with Gasteiger partial charge < -0.3 is 9.84 Å². The molecule has 0 bridgehead atoms. The quantitative estimate of drug-likeness (QED) is 0.260. The van der Waals surface area contributed by atoms with Crippen molar-refractivity contribution in [3.8, 4) is 0 Å². The van der Waals surface area contributed by atoms with Crippen LogP contribution in [0.1, 0.15) is 29.3 Å². The molecule has 1 atom stereocenters. The third-order valence-corrected chi connectivity index (χ3v) is 4.80. The van der Waals surface area contributed by atoms with E-state index in [4.69, 9.17) is 0 Å². The van der Waals surface area contributed by atoms with Gasteiger partial charge in [0.15, 0.2) is 5.60 Å². The van der Waals surface area contributed by atoms with Crippen molar-refractivity contribution >= 4 is 5.97 Å². The molecule has 1 unspecified atom stereocenters. The highest BCUT2D eigenvalue weighted by atomic mass is 19.4.